The molecule has 1 saturated heterocycles. The first-order chi connectivity index (χ1) is 17.0. The molecule has 7 heteroatoms. The van der Waals surface area contributed by atoms with Crippen LogP contribution in [-0.4, -0.2) is 38.3 Å². The number of amides is 1. The Kier molecular flexibility index (Phi) is 6.68. The molecular formula is C28H31N5OS. The van der Waals surface area contributed by atoms with E-state index < -0.39 is 0 Å². The van der Waals surface area contributed by atoms with Gasteiger partial charge in [-0.05, 0) is 42.4 Å². The van der Waals surface area contributed by atoms with Gasteiger partial charge in [-0.25, -0.2) is 9.97 Å². The number of aryl methyl sites for hydroxylation is 1. The number of imidazole rings is 1. The number of carbonyl (C=O) groups excluding carboxylic acids is 1. The zero-order chi connectivity index (χ0) is 24.4. The van der Waals surface area contributed by atoms with E-state index in [1.54, 1.807) is 6.20 Å². The maximum atomic E-state index is 13.6. The highest BCUT2D eigenvalue weighted by molar-refractivity contribution is 7.13. The molecule has 4 aromatic rings. The zero-order valence-electron chi connectivity index (χ0n) is 20.4. The molecule has 0 radical (unpaired) electrons. The van der Waals surface area contributed by atoms with E-state index in [0.29, 0.717) is 0 Å². The highest BCUT2D eigenvalue weighted by atomic mass is 32.1. The average Bonchev–Trinajstić information content (AvgIpc) is 3.64. The number of nitrogens with one attached hydrogen (secondary N) is 2. The molecule has 2 atom stereocenters. The van der Waals surface area contributed by atoms with Crippen molar-refractivity contribution in [1.29, 1.82) is 0 Å². The number of benzene rings is 2. The Bertz CT molecular complexity index is 1260. The second-order valence-corrected chi connectivity index (χ2v) is 10.4. The van der Waals surface area contributed by atoms with Crippen LogP contribution in [0.4, 0.5) is 5.13 Å². The lowest BCUT2D eigenvalue weighted by Crippen LogP contribution is -2.45. The molecule has 180 valence electrons. The molecule has 0 unspecified atom stereocenters. The van der Waals surface area contributed by atoms with Crippen molar-refractivity contribution in [2.75, 3.05) is 11.9 Å². The lowest BCUT2D eigenvalue weighted by molar-refractivity contribution is -0.134. The molecule has 1 aliphatic heterocycles. The Morgan fingerprint density at radius 2 is 1.74 bits per heavy atom. The summed E-state index contributed by atoms with van der Waals surface area (Å²) < 4.78 is 0. The van der Waals surface area contributed by atoms with Crippen LogP contribution in [0.5, 0.6) is 0 Å². The largest absolute Gasteiger partial charge is 0.350 e. The number of hydrogen-bond donors (Lipinski definition) is 2. The van der Waals surface area contributed by atoms with Gasteiger partial charge in [0, 0.05) is 18.1 Å². The topological polar surface area (TPSA) is 73.9 Å². The minimum atomic E-state index is -0.314. The van der Waals surface area contributed by atoms with Crippen molar-refractivity contribution in [1.82, 2.24) is 19.9 Å². The van der Waals surface area contributed by atoms with Gasteiger partial charge >= 0.3 is 0 Å². The summed E-state index contributed by atoms with van der Waals surface area (Å²) in [5.74, 6) is 1.11. The summed E-state index contributed by atoms with van der Waals surface area (Å²) in [5, 5.41) is 6.04. The molecule has 5 rings (SSSR count). The second-order valence-electron chi connectivity index (χ2n) is 9.52. The van der Waals surface area contributed by atoms with Crippen LogP contribution in [0, 0.1) is 12.8 Å². The first kappa shape index (κ1) is 23.3. The number of aromatic amines is 1. The smallest absolute Gasteiger partial charge is 0.246 e. The van der Waals surface area contributed by atoms with Crippen LogP contribution in [0.3, 0.4) is 0 Å². The van der Waals surface area contributed by atoms with Gasteiger partial charge in [-0.3, -0.25) is 4.79 Å². The predicted molar refractivity (Wildman–Crippen MR) is 142 cm³/mol. The Hall–Kier alpha value is -3.45. The number of aromatic nitrogens is 3. The lowest BCUT2D eigenvalue weighted by Gasteiger charge is -2.30. The Balaban J connectivity index is 1.32. The molecule has 1 aliphatic rings. The molecule has 0 spiro atoms. The summed E-state index contributed by atoms with van der Waals surface area (Å²) in [6.07, 6.45) is 5.52. The molecule has 2 aromatic carbocycles. The maximum Gasteiger partial charge on any atom is 0.246 e. The molecule has 35 heavy (non-hydrogen) atoms. The lowest BCUT2D eigenvalue weighted by atomic mass is 10.0. The molecule has 1 amide bonds. The van der Waals surface area contributed by atoms with Crippen LogP contribution in [0.2, 0.25) is 0 Å². The molecule has 3 heterocycles. The number of hydrogen-bond acceptors (Lipinski definition) is 5. The van der Waals surface area contributed by atoms with Crippen LogP contribution in [-0.2, 0) is 4.79 Å². The Morgan fingerprint density at radius 3 is 2.40 bits per heavy atom. The van der Waals surface area contributed by atoms with E-state index in [4.69, 9.17) is 4.98 Å². The summed E-state index contributed by atoms with van der Waals surface area (Å²) in [4.78, 5) is 28.1. The molecular weight excluding hydrogens is 454 g/mol. The summed E-state index contributed by atoms with van der Waals surface area (Å²) >= 11 is 1.52. The van der Waals surface area contributed by atoms with E-state index in [2.05, 4.69) is 84.6 Å². The van der Waals surface area contributed by atoms with Crippen LogP contribution in [0.15, 0.2) is 66.3 Å². The van der Waals surface area contributed by atoms with Gasteiger partial charge in [-0.1, -0.05) is 67.9 Å². The fourth-order valence-corrected chi connectivity index (χ4v) is 5.24. The highest BCUT2D eigenvalue weighted by Gasteiger charge is 2.36. The van der Waals surface area contributed by atoms with Crippen LogP contribution in [0.1, 0.15) is 44.1 Å². The third-order valence-electron chi connectivity index (χ3n) is 6.67. The quantitative estimate of drug-likeness (QED) is 0.322. The summed E-state index contributed by atoms with van der Waals surface area (Å²) in [7, 11) is 0. The van der Waals surface area contributed by atoms with E-state index in [0.717, 1.165) is 41.6 Å². The van der Waals surface area contributed by atoms with Gasteiger partial charge in [-0.15, -0.1) is 11.3 Å². The van der Waals surface area contributed by atoms with Crippen LogP contribution < -0.4 is 5.32 Å². The first-order valence-electron chi connectivity index (χ1n) is 12.2. The molecule has 0 aliphatic carbocycles. The minimum Gasteiger partial charge on any atom is -0.350 e. The number of thiazole rings is 1. The van der Waals surface area contributed by atoms with Crippen LogP contribution in [0.25, 0.3) is 22.4 Å². The van der Waals surface area contributed by atoms with Gasteiger partial charge in [0.25, 0.3) is 0 Å². The number of H-pyrrole nitrogens is 1. The van der Waals surface area contributed by atoms with Crippen molar-refractivity contribution in [3.8, 4) is 22.4 Å². The van der Waals surface area contributed by atoms with Crippen molar-refractivity contribution in [2.24, 2.45) is 5.92 Å². The van der Waals surface area contributed by atoms with E-state index >= 15 is 0 Å². The molecule has 2 aromatic heterocycles. The summed E-state index contributed by atoms with van der Waals surface area (Å²) in [5.41, 5.74) is 5.71. The SMILES string of the molecule is Cc1ccc(-c2ccc(-c3cnc([C@@H]4CCCN4C(=O)[C@@H](Nc4nccs4)C(C)C)[nH]3)cc2)cc1. The number of nitrogens with zero attached hydrogens (tertiary/aromatic N) is 3. The molecule has 2 N–H and O–H groups in total. The van der Waals surface area contributed by atoms with E-state index in [-0.39, 0.29) is 23.9 Å². The van der Waals surface area contributed by atoms with E-state index in [1.807, 2.05) is 16.5 Å². The average molecular weight is 486 g/mol. The van der Waals surface area contributed by atoms with Gasteiger partial charge in [0.15, 0.2) is 5.13 Å². The van der Waals surface area contributed by atoms with Crippen molar-refractivity contribution in [3.63, 3.8) is 0 Å². The van der Waals surface area contributed by atoms with Crippen molar-refractivity contribution >= 4 is 22.4 Å². The van der Waals surface area contributed by atoms with Gasteiger partial charge in [0.1, 0.15) is 11.9 Å². The van der Waals surface area contributed by atoms with Crippen molar-refractivity contribution in [2.45, 2.75) is 45.7 Å². The van der Waals surface area contributed by atoms with Gasteiger partial charge in [-0.2, -0.15) is 0 Å². The van der Waals surface area contributed by atoms with Crippen molar-refractivity contribution in [3.05, 3.63) is 77.7 Å². The number of likely N-dealkylation sites (tertiary alicyclic amines) is 1. The fraction of sp³-hybridized carbons (Fsp3) is 0.321. The highest BCUT2D eigenvalue weighted by Crippen LogP contribution is 2.33. The minimum absolute atomic E-state index is 0.0394. The van der Waals surface area contributed by atoms with Crippen LogP contribution >= 0.6 is 11.3 Å². The third-order valence-corrected chi connectivity index (χ3v) is 7.38. The zero-order valence-corrected chi connectivity index (χ0v) is 21.2. The number of anilines is 1. The predicted octanol–water partition coefficient (Wildman–Crippen LogP) is 6.31. The van der Waals surface area contributed by atoms with Gasteiger partial charge in [0.05, 0.1) is 17.9 Å². The Labute approximate surface area is 210 Å². The van der Waals surface area contributed by atoms with Crippen molar-refractivity contribution < 1.29 is 4.79 Å². The molecule has 1 fully saturated rings. The maximum absolute atomic E-state index is 13.6. The van der Waals surface area contributed by atoms with E-state index in [9.17, 15) is 4.79 Å². The molecule has 0 saturated carbocycles. The normalized spacial score (nSPS) is 16.6. The number of carbonyl (C=O) groups is 1. The van der Waals surface area contributed by atoms with E-state index in [1.165, 1.54) is 28.0 Å². The van der Waals surface area contributed by atoms with Gasteiger partial charge < -0.3 is 15.2 Å². The third kappa shape index (κ3) is 5.00. The monoisotopic (exact) mass is 485 g/mol. The Morgan fingerprint density at radius 1 is 1.06 bits per heavy atom. The molecule has 0 bridgehead atoms. The standard InChI is InChI=1S/C28H31N5OS/c1-18(2)25(32-28-29-14-16-35-28)27(34)33-15-4-5-24(33)26-30-17-23(31-26)22-12-10-21(11-13-22)20-8-6-19(3)7-9-20/h6-14,16-18,24-25H,4-5,15H2,1-3H3,(H,29,32)(H,30,31)/t24-,25-/m0/s1. The first-order valence-corrected chi connectivity index (χ1v) is 13.1. The van der Waals surface area contributed by atoms with Gasteiger partial charge in [0.2, 0.25) is 5.91 Å². The fourth-order valence-electron chi connectivity index (χ4n) is 4.68. The summed E-state index contributed by atoms with van der Waals surface area (Å²) in [6, 6.07) is 16.7. The molecule has 6 nitrogen and oxygen atoms in total. The second kappa shape index (κ2) is 10.0. The number of rotatable bonds is 7. The summed E-state index contributed by atoms with van der Waals surface area (Å²) in [6.45, 7) is 6.98.